The first-order valence-electron chi connectivity index (χ1n) is 5.79. The third-order valence-corrected chi connectivity index (χ3v) is 5.71. The maximum atomic E-state index is 12.1. The van der Waals surface area contributed by atoms with E-state index in [1.807, 2.05) is 0 Å². The molecular formula is C11H10Cl2N2O5S. The second kappa shape index (κ2) is 5.78. The van der Waals surface area contributed by atoms with Crippen LogP contribution in [0.3, 0.4) is 0 Å². The van der Waals surface area contributed by atoms with E-state index in [4.69, 9.17) is 23.2 Å². The van der Waals surface area contributed by atoms with E-state index < -0.39 is 32.1 Å². The molecule has 1 aliphatic heterocycles. The van der Waals surface area contributed by atoms with Gasteiger partial charge in [-0.1, -0.05) is 11.6 Å². The summed E-state index contributed by atoms with van der Waals surface area (Å²) in [6.45, 7) is 0. The molecule has 21 heavy (non-hydrogen) atoms. The SMILES string of the molecule is O=C(NC1CS(=O)(=O)CC1Cl)c1cc([N+](=O)[O-])ccc1Cl. The van der Waals surface area contributed by atoms with Gasteiger partial charge in [-0.25, -0.2) is 8.42 Å². The number of carbonyl (C=O) groups excluding carboxylic acids is 1. The van der Waals surface area contributed by atoms with Crippen molar-refractivity contribution in [2.75, 3.05) is 11.5 Å². The van der Waals surface area contributed by atoms with Gasteiger partial charge in [0.2, 0.25) is 0 Å². The third-order valence-electron chi connectivity index (χ3n) is 3.01. The van der Waals surface area contributed by atoms with Gasteiger partial charge in [0.25, 0.3) is 11.6 Å². The first kappa shape index (κ1) is 16.0. The minimum absolute atomic E-state index is 0.0325. The molecule has 0 spiro atoms. The Labute approximate surface area is 130 Å². The number of amides is 1. The number of nitrogens with one attached hydrogen (secondary N) is 1. The Morgan fingerprint density at radius 3 is 2.57 bits per heavy atom. The van der Waals surface area contributed by atoms with Gasteiger partial charge in [0.1, 0.15) is 0 Å². The molecule has 10 heteroatoms. The van der Waals surface area contributed by atoms with Crippen LogP contribution in [0.4, 0.5) is 5.69 Å². The van der Waals surface area contributed by atoms with Gasteiger partial charge >= 0.3 is 0 Å². The molecule has 2 unspecified atom stereocenters. The van der Waals surface area contributed by atoms with E-state index in [0.29, 0.717) is 0 Å². The molecule has 1 aromatic carbocycles. The fraction of sp³-hybridized carbons (Fsp3) is 0.364. The number of non-ortho nitro benzene ring substituents is 1. The number of halogens is 2. The smallest absolute Gasteiger partial charge is 0.270 e. The number of nitrogens with zero attached hydrogens (tertiary/aromatic N) is 1. The van der Waals surface area contributed by atoms with Crippen molar-refractivity contribution in [3.05, 3.63) is 38.9 Å². The van der Waals surface area contributed by atoms with E-state index in [2.05, 4.69) is 5.32 Å². The lowest BCUT2D eigenvalue weighted by Crippen LogP contribution is -2.40. The summed E-state index contributed by atoms with van der Waals surface area (Å²) in [5, 5.41) is 12.4. The van der Waals surface area contributed by atoms with Crippen molar-refractivity contribution < 1.29 is 18.1 Å². The van der Waals surface area contributed by atoms with Crippen LogP contribution >= 0.6 is 23.2 Å². The minimum Gasteiger partial charge on any atom is -0.347 e. The van der Waals surface area contributed by atoms with Crippen molar-refractivity contribution in [1.29, 1.82) is 0 Å². The number of sulfone groups is 1. The number of hydrogen-bond donors (Lipinski definition) is 1. The number of carbonyl (C=O) groups is 1. The standard InChI is InChI=1S/C11H10Cl2N2O5S/c12-8-2-1-6(15(17)18)3-7(8)11(16)14-10-5-21(19,20)4-9(10)13/h1-3,9-10H,4-5H2,(H,14,16). The fourth-order valence-corrected chi connectivity index (χ4v) is 4.74. The molecule has 0 aliphatic carbocycles. The van der Waals surface area contributed by atoms with Gasteiger partial charge in [-0.05, 0) is 6.07 Å². The monoisotopic (exact) mass is 352 g/mol. The Hall–Kier alpha value is -1.38. The molecule has 1 aliphatic rings. The molecule has 0 bridgehead atoms. The van der Waals surface area contributed by atoms with Crippen LogP contribution < -0.4 is 5.32 Å². The molecule has 2 atom stereocenters. The van der Waals surface area contributed by atoms with Gasteiger partial charge in [-0.2, -0.15) is 0 Å². The van der Waals surface area contributed by atoms with Gasteiger partial charge in [-0.15, -0.1) is 11.6 Å². The maximum absolute atomic E-state index is 12.1. The molecule has 1 fully saturated rings. The lowest BCUT2D eigenvalue weighted by atomic mass is 10.1. The van der Waals surface area contributed by atoms with Crippen LogP contribution in [0.25, 0.3) is 0 Å². The normalized spacial score (nSPS) is 23.7. The summed E-state index contributed by atoms with van der Waals surface area (Å²) in [5.41, 5.74) is -0.384. The Kier molecular flexibility index (Phi) is 4.40. The molecular weight excluding hydrogens is 343 g/mol. The van der Waals surface area contributed by atoms with E-state index in [1.54, 1.807) is 0 Å². The average molecular weight is 353 g/mol. The van der Waals surface area contributed by atoms with Crippen molar-refractivity contribution in [1.82, 2.24) is 5.32 Å². The summed E-state index contributed by atoms with van der Waals surface area (Å²) < 4.78 is 22.9. The lowest BCUT2D eigenvalue weighted by molar-refractivity contribution is -0.384. The van der Waals surface area contributed by atoms with Gasteiger partial charge in [0, 0.05) is 12.1 Å². The fourth-order valence-electron chi connectivity index (χ4n) is 1.98. The van der Waals surface area contributed by atoms with Gasteiger partial charge in [0.15, 0.2) is 9.84 Å². The van der Waals surface area contributed by atoms with Crippen molar-refractivity contribution in [2.45, 2.75) is 11.4 Å². The summed E-state index contributed by atoms with van der Waals surface area (Å²) in [7, 11) is -3.29. The predicted octanol–water partition coefficient (Wildman–Crippen LogP) is 1.38. The zero-order valence-electron chi connectivity index (χ0n) is 10.5. The molecule has 1 saturated heterocycles. The molecule has 1 amide bonds. The quantitative estimate of drug-likeness (QED) is 0.502. The first-order chi connectivity index (χ1) is 9.69. The molecule has 0 aromatic heterocycles. The summed E-state index contributed by atoms with van der Waals surface area (Å²) in [6.07, 6.45) is 0. The predicted molar refractivity (Wildman–Crippen MR) is 77.7 cm³/mol. The zero-order valence-corrected chi connectivity index (χ0v) is 12.8. The number of hydrogen-bond acceptors (Lipinski definition) is 5. The first-order valence-corrected chi connectivity index (χ1v) is 8.42. The molecule has 1 N–H and O–H groups in total. The van der Waals surface area contributed by atoms with Gasteiger partial charge in [0.05, 0.1) is 38.4 Å². The lowest BCUT2D eigenvalue weighted by Gasteiger charge is -2.14. The van der Waals surface area contributed by atoms with Crippen molar-refractivity contribution in [3.8, 4) is 0 Å². The van der Waals surface area contributed by atoms with Crippen LogP contribution in [0.15, 0.2) is 18.2 Å². The highest BCUT2D eigenvalue weighted by Crippen LogP contribution is 2.23. The number of benzene rings is 1. The minimum atomic E-state index is -3.29. The third kappa shape index (κ3) is 3.63. The highest BCUT2D eigenvalue weighted by molar-refractivity contribution is 7.91. The maximum Gasteiger partial charge on any atom is 0.270 e. The Balaban J connectivity index is 2.21. The Bertz CT molecular complexity index is 707. The van der Waals surface area contributed by atoms with Crippen molar-refractivity contribution in [2.24, 2.45) is 0 Å². The van der Waals surface area contributed by atoms with Gasteiger partial charge in [-0.3, -0.25) is 14.9 Å². The van der Waals surface area contributed by atoms with E-state index in [0.717, 1.165) is 6.07 Å². The molecule has 0 saturated carbocycles. The molecule has 2 rings (SSSR count). The number of nitro groups is 1. The molecule has 114 valence electrons. The van der Waals surface area contributed by atoms with Crippen LogP contribution in [-0.2, 0) is 9.84 Å². The van der Waals surface area contributed by atoms with E-state index in [1.165, 1.54) is 12.1 Å². The summed E-state index contributed by atoms with van der Waals surface area (Å²) in [6, 6.07) is 2.69. The molecule has 7 nitrogen and oxygen atoms in total. The topological polar surface area (TPSA) is 106 Å². The van der Waals surface area contributed by atoms with Crippen LogP contribution in [0.1, 0.15) is 10.4 Å². The largest absolute Gasteiger partial charge is 0.347 e. The van der Waals surface area contributed by atoms with Gasteiger partial charge < -0.3 is 5.32 Å². The Morgan fingerprint density at radius 1 is 1.38 bits per heavy atom. The van der Waals surface area contributed by atoms with E-state index in [-0.39, 0.29) is 27.8 Å². The molecule has 1 heterocycles. The number of alkyl halides is 1. The number of nitro benzene ring substituents is 1. The highest BCUT2D eigenvalue weighted by atomic mass is 35.5. The van der Waals surface area contributed by atoms with Crippen molar-refractivity contribution >= 4 is 44.6 Å². The van der Waals surface area contributed by atoms with Crippen molar-refractivity contribution in [3.63, 3.8) is 0 Å². The highest BCUT2D eigenvalue weighted by Gasteiger charge is 2.37. The zero-order chi connectivity index (χ0) is 15.8. The summed E-state index contributed by atoms with van der Waals surface area (Å²) >= 11 is 11.7. The average Bonchev–Trinajstić information content (AvgIpc) is 2.62. The van der Waals surface area contributed by atoms with Crippen LogP contribution in [-0.4, -0.2) is 42.2 Å². The van der Waals surface area contributed by atoms with E-state index in [9.17, 15) is 23.3 Å². The number of rotatable bonds is 3. The summed E-state index contributed by atoms with van der Waals surface area (Å²) in [4.78, 5) is 22.1. The van der Waals surface area contributed by atoms with Crippen LogP contribution in [0.5, 0.6) is 0 Å². The molecule has 1 aromatic rings. The van der Waals surface area contributed by atoms with E-state index >= 15 is 0 Å². The van der Waals surface area contributed by atoms with Crippen LogP contribution in [0, 0.1) is 10.1 Å². The summed E-state index contributed by atoms with van der Waals surface area (Å²) in [5.74, 6) is -1.18. The second-order valence-corrected chi connectivity index (χ2v) is 7.72. The molecule has 0 radical (unpaired) electrons. The second-order valence-electron chi connectivity index (χ2n) is 4.59. The van der Waals surface area contributed by atoms with Crippen LogP contribution in [0.2, 0.25) is 5.02 Å². The Morgan fingerprint density at radius 2 is 2.05 bits per heavy atom.